The number of aliphatic hydroxyl groups is 1. The predicted molar refractivity (Wildman–Crippen MR) is 116 cm³/mol. The van der Waals surface area contributed by atoms with Crippen LogP contribution in [0.5, 0.6) is 11.5 Å². The van der Waals surface area contributed by atoms with Gasteiger partial charge in [-0.3, -0.25) is 4.79 Å². The molecule has 9 heteroatoms. The second-order valence-electron chi connectivity index (χ2n) is 6.81. The molecule has 0 aliphatic carbocycles. The minimum atomic E-state index is -0.831. The fraction of sp³-hybridized carbons (Fsp3) is 0.318. The number of nitrogens with one attached hydrogen (secondary N) is 1. The Labute approximate surface area is 186 Å². The highest BCUT2D eigenvalue weighted by atomic mass is 35.5. The SMILES string of the molecule is CNCC(O)c1ccc(OC(=O)c2ccc(C(=O)OC)cc2)c(OC(=O)C(C)C)c1.Cl. The lowest BCUT2D eigenvalue weighted by atomic mass is 10.1. The van der Waals surface area contributed by atoms with Crippen LogP contribution in [-0.4, -0.2) is 43.7 Å². The first kappa shape index (κ1) is 26.1. The van der Waals surface area contributed by atoms with E-state index in [9.17, 15) is 19.5 Å². The first-order valence-electron chi connectivity index (χ1n) is 9.35. The smallest absolute Gasteiger partial charge is 0.343 e. The van der Waals surface area contributed by atoms with Crippen molar-refractivity contribution in [2.24, 2.45) is 5.92 Å². The van der Waals surface area contributed by atoms with Gasteiger partial charge < -0.3 is 24.6 Å². The minimum Gasteiger partial charge on any atom is -0.465 e. The van der Waals surface area contributed by atoms with Gasteiger partial charge in [0.05, 0.1) is 30.3 Å². The number of methoxy groups -OCH3 is 1. The lowest BCUT2D eigenvalue weighted by Gasteiger charge is -2.16. The van der Waals surface area contributed by atoms with Crippen LogP contribution in [0.4, 0.5) is 0 Å². The van der Waals surface area contributed by atoms with E-state index >= 15 is 0 Å². The van der Waals surface area contributed by atoms with Crippen molar-refractivity contribution >= 4 is 30.3 Å². The molecule has 0 radical (unpaired) electrons. The van der Waals surface area contributed by atoms with Crippen LogP contribution in [0.3, 0.4) is 0 Å². The van der Waals surface area contributed by atoms with Gasteiger partial charge in [0.25, 0.3) is 0 Å². The number of ether oxygens (including phenoxy) is 3. The molecule has 0 saturated heterocycles. The highest BCUT2D eigenvalue weighted by Crippen LogP contribution is 2.32. The van der Waals surface area contributed by atoms with Crippen LogP contribution in [0.15, 0.2) is 42.5 Å². The van der Waals surface area contributed by atoms with E-state index in [4.69, 9.17) is 9.47 Å². The average Bonchev–Trinajstić information content (AvgIpc) is 2.74. The Morgan fingerprint density at radius 1 is 0.935 bits per heavy atom. The van der Waals surface area contributed by atoms with Gasteiger partial charge in [-0.2, -0.15) is 0 Å². The molecule has 168 valence electrons. The lowest BCUT2D eigenvalue weighted by molar-refractivity contribution is -0.137. The summed E-state index contributed by atoms with van der Waals surface area (Å²) in [5, 5.41) is 13.0. The largest absolute Gasteiger partial charge is 0.465 e. The van der Waals surface area contributed by atoms with Gasteiger partial charge in [0.1, 0.15) is 0 Å². The molecule has 0 spiro atoms. The first-order valence-corrected chi connectivity index (χ1v) is 9.35. The Balaban J connectivity index is 0.00000480. The molecular weight excluding hydrogens is 426 g/mol. The maximum Gasteiger partial charge on any atom is 0.343 e. The van der Waals surface area contributed by atoms with E-state index < -0.39 is 29.9 Å². The molecule has 1 unspecified atom stereocenters. The van der Waals surface area contributed by atoms with Gasteiger partial charge in [-0.1, -0.05) is 19.9 Å². The number of likely N-dealkylation sites (N-methyl/N-ethyl adjacent to an activating group) is 1. The minimum absolute atomic E-state index is 0. The van der Waals surface area contributed by atoms with Crippen molar-refractivity contribution in [3.05, 3.63) is 59.2 Å². The maximum absolute atomic E-state index is 12.5. The number of hydrogen-bond acceptors (Lipinski definition) is 8. The highest BCUT2D eigenvalue weighted by Gasteiger charge is 2.19. The summed E-state index contributed by atoms with van der Waals surface area (Å²) in [5.74, 6) is -2.06. The fourth-order valence-electron chi connectivity index (χ4n) is 2.45. The second kappa shape index (κ2) is 12.0. The van der Waals surface area contributed by atoms with E-state index in [1.165, 1.54) is 43.5 Å². The number of hydrogen-bond donors (Lipinski definition) is 2. The molecule has 31 heavy (non-hydrogen) atoms. The summed E-state index contributed by atoms with van der Waals surface area (Å²) < 4.78 is 15.4. The Morgan fingerprint density at radius 2 is 1.52 bits per heavy atom. The van der Waals surface area contributed by atoms with Gasteiger partial charge >= 0.3 is 17.9 Å². The zero-order valence-corrected chi connectivity index (χ0v) is 18.5. The number of rotatable bonds is 8. The monoisotopic (exact) mass is 451 g/mol. The molecule has 0 aliphatic rings. The number of benzene rings is 2. The molecule has 1 atom stereocenters. The molecule has 0 aliphatic heterocycles. The second-order valence-corrected chi connectivity index (χ2v) is 6.81. The maximum atomic E-state index is 12.5. The Kier molecular flexibility index (Phi) is 10.1. The molecule has 0 aromatic heterocycles. The van der Waals surface area contributed by atoms with Gasteiger partial charge in [0, 0.05) is 6.54 Å². The molecular formula is C22H26ClNO7. The van der Waals surface area contributed by atoms with Crippen molar-refractivity contribution in [3.8, 4) is 11.5 Å². The highest BCUT2D eigenvalue weighted by molar-refractivity contribution is 5.94. The number of halogens is 1. The lowest BCUT2D eigenvalue weighted by Crippen LogP contribution is -2.19. The molecule has 0 amide bonds. The standard InChI is InChI=1S/C22H25NO7.ClH/c1-13(2)20(25)30-19-11-16(17(24)12-23-3)9-10-18(19)29-22(27)15-7-5-14(6-8-15)21(26)28-4;/h5-11,13,17,23-24H,12H2,1-4H3;1H. The first-order chi connectivity index (χ1) is 14.3. The number of aliphatic hydroxyl groups excluding tert-OH is 1. The molecule has 2 aromatic carbocycles. The van der Waals surface area contributed by atoms with Crippen LogP contribution in [0, 0.1) is 5.92 Å². The average molecular weight is 452 g/mol. The van der Waals surface area contributed by atoms with Crippen LogP contribution in [0.25, 0.3) is 0 Å². The van der Waals surface area contributed by atoms with Crippen LogP contribution >= 0.6 is 12.4 Å². The summed E-state index contributed by atoms with van der Waals surface area (Å²) in [7, 11) is 2.96. The molecule has 2 N–H and O–H groups in total. The van der Waals surface area contributed by atoms with Crippen LogP contribution in [-0.2, 0) is 9.53 Å². The Hall–Kier alpha value is -2.94. The molecule has 0 fully saturated rings. The van der Waals surface area contributed by atoms with Gasteiger partial charge in [0.2, 0.25) is 0 Å². The van der Waals surface area contributed by atoms with Crippen molar-refractivity contribution in [1.29, 1.82) is 0 Å². The molecule has 8 nitrogen and oxygen atoms in total. The normalized spacial score (nSPS) is 11.3. The molecule has 2 rings (SSSR count). The Morgan fingerprint density at radius 3 is 2.03 bits per heavy atom. The number of carbonyl (C=O) groups excluding carboxylic acids is 3. The van der Waals surface area contributed by atoms with Crippen LogP contribution < -0.4 is 14.8 Å². The van der Waals surface area contributed by atoms with E-state index in [0.717, 1.165) is 0 Å². The third-order valence-electron chi connectivity index (χ3n) is 4.18. The molecule has 0 bridgehead atoms. The van der Waals surface area contributed by atoms with Gasteiger partial charge in [-0.05, 0) is 49.0 Å². The molecule has 0 saturated carbocycles. The third kappa shape index (κ3) is 7.06. The number of carbonyl (C=O) groups is 3. The van der Waals surface area contributed by atoms with Gasteiger partial charge in [-0.15, -0.1) is 12.4 Å². The van der Waals surface area contributed by atoms with E-state index in [1.54, 1.807) is 27.0 Å². The summed E-state index contributed by atoms with van der Waals surface area (Å²) in [5.41, 5.74) is 0.990. The van der Waals surface area contributed by atoms with Crippen LogP contribution in [0.1, 0.15) is 46.2 Å². The summed E-state index contributed by atoms with van der Waals surface area (Å²) >= 11 is 0. The molecule has 2 aromatic rings. The summed E-state index contributed by atoms with van der Waals surface area (Å²) in [4.78, 5) is 36.1. The summed E-state index contributed by atoms with van der Waals surface area (Å²) in [6.45, 7) is 3.65. The van der Waals surface area contributed by atoms with Crippen molar-refractivity contribution in [1.82, 2.24) is 5.32 Å². The Bertz CT molecular complexity index is 913. The van der Waals surface area contributed by atoms with Crippen molar-refractivity contribution in [3.63, 3.8) is 0 Å². The van der Waals surface area contributed by atoms with E-state index in [-0.39, 0.29) is 29.5 Å². The van der Waals surface area contributed by atoms with Gasteiger partial charge in [-0.25, -0.2) is 9.59 Å². The van der Waals surface area contributed by atoms with Crippen molar-refractivity contribution < 1.29 is 33.7 Å². The topological polar surface area (TPSA) is 111 Å². The predicted octanol–water partition coefficient (Wildman–Crippen LogP) is 2.93. The van der Waals surface area contributed by atoms with Crippen molar-refractivity contribution in [2.75, 3.05) is 20.7 Å². The van der Waals surface area contributed by atoms with Crippen LogP contribution in [0.2, 0.25) is 0 Å². The number of esters is 3. The van der Waals surface area contributed by atoms with E-state index in [0.29, 0.717) is 17.7 Å². The van der Waals surface area contributed by atoms with E-state index in [2.05, 4.69) is 10.1 Å². The van der Waals surface area contributed by atoms with E-state index in [1.807, 2.05) is 0 Å². The quantitative estimate of drug-likeness (QED) is 0.465. The molecule has 0 heterocycles. The summed E-state index contributed by atoms with van der Waals surface area (Å²) in [6, 6.07) is 10.2. The zero-order chi connectivity index (χ0) is 22.3. The zero-order valence-electron chi connectivity index (χ0n) is 17.7. The fourth-order valence-corrected chi connectivity index (χ4v) is 2.45. The van der Waals surface area contributed by atoms with Gasteiger partial charge in [0.15, 0.2) is 11.5 Å². The third-order valence-corrected chi connectivity index (χ3v) is 4.18. The van der Waals surface area contributed by atoms with Crippen molar-refractivity contribution in [2.45, 2.75) is 20.0 Å². The summed E-state index contributed by atoms with van der Waals surface area (Å²) in [6.07, 6.45) is -0.831.